The van der Waals surface area contributed by atoms with Crippen LogP contribution in [0.25, 0.3) is 11.1 Å². The molecule has 2 aromatic rings. The molecule has 0 saturated heterocycles. The second-order valence-corrected chi connectivity index (χ2v) is 9.10. The minimum Gasteiger partial charge on any atom is -0.493 e. The lowest BCUT2D eigenvalue weighted by Crippen LogP contribution is -2.33. The second kappa shape index (κ2) is 9.63. The predicted molar refractivity (Wildman–Crippen MR) is 123 cm³/mol. The van der Waals surface area contributed by atoms with Gasteiger partial charge in [0.1, 0.15) is 6.61 Å². The first-order valence-corrected chi connectivity index (χ1v) is 10.9. The third-order valence-corrected chi connectivity index (χ3v) is 5.55. The highest BCUT2D eigenvalue weighted by Gasteiger charge is 2.33. The number of ketones is 1. The van der Waals surface area contributed by atoms with Gasteiger partial charge >= 0.3 is 5.97 Å². The van der Waals surface area contributed by atoms with Crippen molar-refractivity contribution in [1.82, 2.24) is 0 Å². The highest BCUT2D eigenvalue weighted by molar-refractivity contribution is 6.02. The molecule has 0 fully saturated rings. The van der Waals surface area contributed by atoms with Crippen LogP contribution in [0.4, 0.5) is 0 Å². The van der Waals surface area contributed by atoms with Crippen molar-refractivity contribution in [2.75, 3.05) is 27.4 Å². The lowest BCUT2D eigenvalue weighted by atomic mass is 9.94. The van der Waals surface area contributed by atoms with Crippen LogP contribution in [0.1, 0.15) is 50.0 Å². The summed E-state index contributed by atoms with van der Waals surface area (Å²) in [5.41, 5.74) is 2.60. The predicted octanol–water partition coefficient (Wildman–Crippen LogP) is 5.10. The fourth-order valence-electron chi connectivity index (χ4n) is 3.75. The van der Waals surface area contributed by atoms with Crippen LogP contribution in [0.15, 0.2) is 30.3 Å². The maximum absolute atomic E-state index is 12.6. The summed E-state index contributed by atoms with van der Waals surface area (Å²) < 4.78 is 22.8. The molecule has 0 saturated carbocycles. The number of hydrogen-bond donors (Lipinski definition) is 0. The second-order valence-electron chi connectivity index (χ2n) is 9.10. The van der Waals surface area contributed by atoms with Gasteiger partial charge in [0, 0.05) is 17.5 Å². The van der Waals surface area contributed by atoms with E-state index in [9.17, 15) is 9.59 Å². The largest absolute Gasteiger partial charge is 0.493 e. The van der Waals surface area contributed by atoms with Crippen LogP contribution in [-0.2, 0) is 16.0 Å². The normalized spacial score (nSPS) is 13.2. The number of methoxy groups -OCH3 is 2. The van der Waals surface area contributed by atoms with Crippen LogP contribution in [0.5, 0.6) is 17.2 Å². The van der Waals surface area contributed by atoms with Crippen molar-refractivity contribution >= 4 is 11.8 Å². The van der Waals surface area contributed by atoms with Crippen LogP contribution in [0.3, 0.4) is 0 Å². The molecule has 0 N–H and O–H groups in total. The number of Topliss-reactive ketones (excluding diaryl/α,β-unsaturated/α-hetero) is 1. The minimum atomic E-state index is -0.866. The van der Waals surface area contributed by atoms with Crippen molar-refractivity contribution in [1.29, 1.82) is 0 Å². The molecule has 1 aliphatic rings. The van der Waals surface area contributed by atoms with E-state index >= 15 is 0 Å². The average molecular weight is 441 g/mol. The lowest BCUT2D eigenvalue weighted by molar-refractivity contribution is -0.156. The number of carbonyl (C=O) groups excluding carboxylic acids is 2. The molecule has 0 heterocycles. The van der Waals surface area contributed by atoms with Crippen molar-refractivity contribution in [2.24, 2.45) is 11.3 Å². The minimum absolute atomic E-state index is 0.0917. The number of benzene rings is 2. The Kier molecular flexibility index (Phi) is 7.12. The molecule has 1 aliphatic carbocycles. The van der Waals surface area contributed by atoms with E-state index in [-0.39, 0.29) is 24.3 Å². The van der Waals surface area contributed by atoms with Gasteiger partial charge < -0.3 is 18.9 Å². The van der Waals surface area contributed by atoms with Gasteiger partial charge in [0.05, 0.1) is 26.2 Å². The van der Waals surface area contributed by atoms with Gasteiger partial charge in [-0.1, -0.05) is 32.0 Å². The van der Waals surface area contributed by atoms with Crippen LogP contribution in [0, 0.1) is 11.3 Å². The first-order chi connectivity index (χ1) is 15.2. The molecule has 6 heteroatoms. The van der Waals surface area contributed by atoms with Crippen LogP contribution in [-0.4, -0.2) is 39.2 Å². The Bertz CT molecular complexity index is 1010. The summed E-state index contributed by atoms with van der Waals surface area (Å²) in [6.45, 7) is 8.02. The van der Waals surface area contributed by atoms with Crippen LogP contribution >= 0.6 is 0 Å². The van der Waals surface area contributed by atoms with E-state index in [4.69, 9.17) is 18.9 Å². The quantitative estimate of drug-likeness (QED) is 0.505. The third kappa shape index (κ3) is 4.74. The van der Waals surface area contributed by atoms with Gasteiger partial charge in [-0.2, -0.15) is 0 Å². The summed E-state index contributed by atoms with van der Waals surface area (Å²) in [5, 5.41) is 0. The number of fused-ring (bicyclic) bond motifs is 1. The summed E-state index contributed by atoms with van der Waals surface area (Å²) in [6, 6.07) is 9.44. The molecule has 0 atom stereocenters. The Morgan fingerprint density at radius 2 is 1.69 bits per heavy atom. The van der Waals surface area contributed by atoms with Gasteiger partial charge in [0.25, 0.3) is 0 Å². The molecule has 0 unspecified atom stereocenters. The Hall–Kier alpha value is -3.02. The Morgan fingerprint density at radius 1 is 0.969 bits per heavy atom. The van der Waals surface area contributed by atoms with Gasteiger partial charge in [-0.3, -0.25) is 9.59 Å². The Balaban J connectivity index is 2.00. The van der Waals surface area contributed by atoms with Gasteiger partial charge in [0.15, 0.2) is 17.3 Å². The molecule has 0 bridgehead atoms. The first kappa shape index (κ1) is 23.6. The number of esters is 1. The summed E-state index contributed by atoms with van der Waals surface area (Å²) in [7, 11) is 3.11. The van der Waals surface area contributed by atoms with E-state index in [1.54, 1.807) is 28.1 Å². The number of hydrogen-bond acceptors (Lipinski definition) is 6. The summed E-state index contributed by atoms with van der Waals surface area (Å²) in [5.74, 6) is 1.53. The molecular formula is C26H32O6. The lowest BCUT2D eigenvalue weighted by Gasteiger charge is -2.25. The molecule has 0 aliphatic heterocycles. The maximum Gasteiger partial charge on any atom is 0.314 e. The Labute approximate surface area is 189 Å². The number of carbonyl (C=O) groups is 2. The molecule has 0 radical (unpaired) electrons. The summed E-state index contributed by atoms with van der Waals surface area (Å²) in [4.78, 5) is 24.9. The summed E-state index contributed by atoms with van der Waals surface area (Å²) in [6.07, 6.45) is 1.19. The zero-order valence-electron chi connectivity index (χ0n) is 19.7. The average Bonchev–Trinajstić information content (AvgIpc) is 3.16. The van der Waals surface area contributed by atoms with E-state index in [1.165, 1.54) is 0 Å². The zero-order chi connectivity index (χ0) is 23.5. The number of ether oxygens (including phenoxy) is 4. The van der Waals surface area contributed by atoms with E-state index in [2.05, 4.69) is 0 Å². The highest BCUT2D eigenvalue weighted by atomic mass is 16.5. The van der Waals surface area contributed by atoms with E-state index < -0.39 is 5.41 Å². The fraction of sp³-hybridized carbons (Fsp3) is 0.462. The molecule has 0 amide bonds. The molecule has 3 rings (SSSR count). The third-order valence-electron chi connectivity index (χ3n) is 5.55. The fourth-order valence-corrected chi connectivity index (χ4v) is 3.75. The standard InChI is InChI=1S/C26H32O6/c1-16(2)14-31-25(28)26(3,4)15-32-23-20(11-13-22(29-5)24(23)30-6)17-8-7-9-19-18(17)10-12-21(19)27/h7-9,11,13,16H,10,12,14-15H2,1-6H3. The van der Waals surface area contributed by atoms with E-state index in [1.807, 2.05) is 44.2 Å². The molecule has 6 nitrogen and oxygen atoms in total. The molecular weight excluding hydrogens is 408 g/mol. The van der Waals surface area contributed by atoms with Crippen molar-refractivity contribution in [2.45, 2.75) is 40.5 Å². The van der Waals surface area contributed by atoms with Crippen LogP contribution < -0.4 is 14.2 Å². The summed E-state index contributed by atoms with van der Waals surface area (Å²) >= 11 is 0. The van der Waals surface area contributed by atoms with Gasteiger partial charge in [0.2, 0.25) is 5.75 Å². The van der Waals surface area contributed by atoms with Gasteiger partial charge in [-0.25, -0.2) is 0 Å². The highest BCUT2D eigenvalue weighted by Crippen LogP contribution is 2.47. The topological polar surface area (TPSA) is 71.1 Å². The van der Waals surface area contributed by atoms with Crippen molar-refractivity contribution < 1.29 is 28.5 Å². The smallest absolute Gasteiger partial charge is 0.314 e. The van der Waals surface area contributed by atoms with Gasteiger partial charge in [-0.15, -0.1) is 0 Å². The Morgan fingerprint density at radius 3 is 2.34 bits per heavy atom. The maximum atomic E-state index is 12.6. The van der Waals surface area contributed by atoms with Crippen LogP contribution in [0.2, 0.25) is 0 Å². The monoisotopic (exact) mass is 440 g/mol. The molecule has 0 spiro atoms. The first-order valence-electron chi connectivity index (χ1n) is 10.9. The zero-order valence-corrected chi connectivity index (χ0v) is 19.7. The van der Waals surface area contributed by atoms with E-state index in [0.717, 1.165) is 22.3 Å². The number of rotatable bonds is 9. The van der Waals surface area contributed by atoms with Crippen molar-refractivity contribution in [3.05, 3.63) is 41.5 Å². The van der Waals surface area contributed by atoms with Gasteiger partial charge in [-0.05, 0) is 49.4 Å². The molecule has 2 aromatic carbocycles. The SMILES string of the molecule is COc1ccc(-c2cccc3c2CCC3=O)c(OCC(C)(C)C(=O)OCC(C)C)c1OC. The molecule has 172 valence electrons. The molecule has 0 aromatic heterocycles. The molecule has 32 heavy (non-hydrogen) atoms. The van der Waals surface area contributed by atoms with Crippen molar-refractivity contribution in [3.8, 4) is 28.4 Å². The van der Waals surface area contributed by atoms with Crippen molar-refractivity contribution in [3.63, 3.8) is 0 Å². The van der Waals surface area contributed by atoms with E-state index in [0.29, 0.717) is 36.7 Å².